The molecule has 0 radical (unpaired) electrons. The number of rotatable bonds is 3. The topological polar surface area (TPSA) is 137 Å². The summed E-state index contributed by atoms with van der Waals surface area (Å²) < 4.78 is 3.90. The first-order chi connectivity index (χ1) is 5.61. The molecule has 0 unspecified atom stereocenters. The van der Waals surface area contributed by atoms with E-state index >= 15 is 0 Å². The number of hydrogen-bond donors (Lipinski definition) is 1. The van der Waals surface area contributed by atoms with Gasteiger partial charge in [-0.25, -0.2) is 10.1 Å². The van der Waals surface area contributed by atoms with Gasteiger partial charge in [-0.15, -0.1) is 4.63 Å². The van der Waals surface area contributed by atoms with Gasteiger partial charge in [0.05, 0.1) is 0 Å². The van der Waals surface area contributed by atoms with E-state index in [4.69, 9.17) is 0 Å². The predicted molar refractivity (Wildman–Crippen MR) is 31.6 cm³/mol. The molecular formula is C2HN5O5Zn. The molecule has 0 fully saturated rings. The molecule has 1 aromatic heterocycles. The van der Waals surface area contributed by atoms with Crippen LogP contribution in [0, 0.1) is 20.2 Å². The Morgan fingerprint density at radius 1 is 1.31 bits per heavy atom. The molecule has 0 aromatic carbocycles. The van der Waals surface area contributed by atoms with Crippen LogP contribution in [0.1, 0.15) is 0 Å². The van der Waals surface area contributed by atoms with Crippen LogP contribution in [-0.4, -0.2) is 20.3 Å². The van der Waals surface area contributed by atoms with Crippen molar-refractivity contribution in [2.24, 2.45) is 0 Å². The molecule has 0 bridgehead atoms. The number of hydrogen-bond acceptors (Lipinski definition) is 7. The molecule has 0 atom stereocenters. The summed E-state index contributed by atoms with van der Waals surface area (Å²) in [5.41, 5.74) is 1.45. The second-order valence-corrected chi connectivity index (χ2v) is 1.56. The molecule has 10 nitrogen and oxygen atoms in total. The number of nitrogens with one attached hydrogen (secondary N) is 1. The quantitative estimate of drug-likeness (QED) is 0.427. The maximum atomic E-state index is 10.0. The number of nitrogens with zero attached hydrogens (tertiary/aromatic N) is 4. The maximum absolute atomic E-state index is 10.0. The van der Waals surface area contributed by atoms with Crippen LogP contribution in [0.2, 0.25) is 0 Å². The van der Waals surface area contributed by atoms with Gasteiger partial charge >= 0.3 is 11.6 Å². The Morgan fingerprint density at radius 2 is 1.92 bits per heavy atom. The van der Waals surface area contributed by atoms with Gasteiger partial charge in [0.2, 0.25) is 0 Å². The van der Waals surface area contributed by atoms with Crippen molar-refractivity contribution in [3.8, 4) is 0 Å². The third-order valence-corrected chi connectivity index (χ3v) is 0.841. The van der Waals surface area contributed by atoms with Gasteiger partial charge in [-0.05, 0) is 4.92 Å². The number of aromatic nitrogens is 2. The van der Waals surface area contributed by atoms with E-state index in [9.17, 15) is 20.2 Å². The summed E-state index contributed by atoms with van der Waals surface area (Å²) >= 11 is 0. The minimum Gasteiger partial charge on any atom is -0.358 e. The Morgan fingerprint density at radius 3 is 2.38 bits per heavy atom. The molecular weight excluding hydrogens is 239 g/mol. The zero-order chi connectivity index (χ0) is 9.14. The van der Waals surface area contributed by atoms with Crippen LogP contribution in [0.5, 0.6) is 0 Å². The zero-order valence-corrected chi connectivity index (χ0v) is 9.00. The molecule has 0 saturated carbocycles. The van der Waals surface area contributed by atoms with Crippen LogP contribution >= 0.6 is 0 Å². The van der Waals surface area contributed by atoms with Gasteiger partial charge in [0.25, 0.3) is 0 Å². The van der Waals surface area contributed by atoms with Crippen molar-refractivity contribution in [1.82, 2.24) is 10.3 Å². The first-order valence-corrected chi connectivity index (χ1v) is 2.49. The molecule has 1 aromatic rings. The minimum absolute atomic E-state index is 0. The minimum atomic E-state index is -1.01. The molecule has 1 rings (SSSR count). The fourth-order valence-corrected chi connectivity index (χ4v) is 0.461. The fraction of sp³-hybridized carbons (Fsp3) is 0. The van der Waals surface area contributed by atoms with Gasteiger partial charge in [0, 0.05) is 24.6 Å². The van der Waals surface area contributed by atoms with Crippen LogP contribution in [0.3, 0.4) is 0 Å². The molecule has 0 aliphatic rings. The molecule has 0 saturated heterocycles. The van der Waals surface area contributed by atoms with Crippen molar-refractivity contribution in [3.05, 3.63) is 20.2 Å². The van der Waals surface area contributed by atoms with E-state index in [2.05, 4.69) is 14.9 Å². The van der Waals surface area contributed by atoms with E-state index in [0.717, 1.165) is 0 Å². The van der Waals surface area contributed by atoms with Crippen molar-refractivity contribution in [2.45, 2.75) is 0 Å². The standard InChI is InChI=1S/C2HN5O5.Zn/c8-6(9)2-1(3-7(10)11)4-12-5-2;/h(H,3,4);. The molecule has 1 N–H and O–H groups in total. The van der Waals surface area contributed by atoms with Gasteiger partial charge in [-0.2, -0.15) is 0 Å². The van der Waals surface area contributed by atoms with E-state index < -0.39 is 21.6 Å². The van der Waals surface area contributed by atoms with E-state index in [1.807, 2.05) is 0 Å². The Balaban J connectivity index is 0.00000144. The second-order valence-electron chi connectivity index (χ2n) is 1.56. The summed E-state index contributed by atoms with van der Waals surface area (Å²) in [6.45, 7) is 0. The van der Waals surface area contributed by atoms with Crippen molar-refractivity contribution in [3.63, 3.8) is 0 Å². The van der Waals surface area contributed by atoms with E-state index in [1.54, 1.807) is 0 Å². The molecule has 0 aliphatic heterocycles. The van der Waals surface area contributed by atoms with Crippen LogP contribution in [0.4, 0.5) is 11.6 Å². The van der Waals surface area contributed by atoms with Gasteiger partial charge in [-0.1, -0.05) is 5.43 Å². The number of nitro groups is 2. The van der Waals surface area contributed by atoms with Gasteiger partial charge < -0.3 is 10.1 Å². The molecule has 13 heavy (non-hydrogen) atoms. The summed E-state index contributed by atoms with van der Waals surface area (Å²) in [5.74, 6) is -1.46. The van der Waals surface area contributed by atoms with E-state index in [0.29, 0.717) is 0 Å². The van der Waals surface area contributed by atoms with Gasteiger partial charge in [-0.3, -0.25) is 0 Å². The van der Waals surface area contributed by atoms with Crippen LogP contribution in [0.25, 0.3) is 0 Å². The van der Waals surface area contributed by atoms with Crippen molar-refractivity contribution in [2.75, 3.05) is 5.43 Å². The Bertz CT molecular complexity index is 322. The number of hydrazine groups is 1. The summed E-state index contributed by atoms with van der Waals surface area (Å²) in [6.07, 6.45) is 0. The monoisotopic (exact) mass is 239 g/mol. The molecule has 66 valence electrons. The maximum Gasteiger partial charge on any atom is 0.464 e. The summed E-state index contributed by atoms with van der Waals surface area (Å²) in [4.78, 5) is 18.9. The van der Waals surface area contributed by atoms with Crippen LogP contribution < -0.4 is 5.43 Å². The largest absolute Gasteiger partial charge is 0.464 e. The van der Waals surface area contributed by atoms with Crippen molar-refractivity contribution < 1.29 is 34.1 Å². The van der Waals surface area contributed by atoms with Crippen molar-refractivity contribution >= 4 is 11.6 Å². The third-order valence-electron chi connectivity index (χ3n) is 0.841. The Labute approximate surface area is 82.3 Å². The smallest absolute Gasteiger partial charge is 0.358 e. The summed E-state index contributed by atoms with van der Waals surface area (Å²) in [5, 5.41) is 24.6. The first-order valence-electron chi connectivity index (χ1n) is 2.49. The average molecular weight is 240 g/mol. The van der Waals surface area contributed by atoms with E-state index in [-0.39, 0.29) is 19.5 Å². The van der Waals surface area contributed by atoms with Crippen LogP contribution in [0.15, 0.2) is 4.63 Å². The first kappa shape index (κ1) is 11.4. The summed E-state index contributed by atoms with van der Waals surface area (Å²) in [7, 11) is 0. The SMILES string of the molecule is O=[N+]([O-])Nc1nonc1[N+](=O)[O-].[Zn]. The van der Waals surface area contributed by atoms with Crippen molar-refractivity contribution in [1.29, 1.82) is 0 Å². The second kappa shape index (κ2) is 4.40. The normalized spacial score (nSPS) is 8.62. The fourth-order valence-electron chi connectivity index (χ4n) is 0.461. The third kappa shape index (κ3) is 2.71. The predicted octanol–water partition coefficient (Wildman–Crippen LogP) is -0.421. The number of anilines is 1. The molecule has 0 aliphatic carbocycles. The van der Waals surface area contributed by atoms with Gasteiger partial charge in [0.15, 0.2) is 10.2 Å². The zero-order valence-electron chi connectivity index (χ0n) is 6.04. The molecule has 1 heterocycles. The van der Waals surface area contributed by atoms with Gasteiger partial charge in [0.1, 0.15) is 0 Å². The average Bonchev–Trinajstić information content (AvgIpc) is 2.33. The Kier molecular flexibility index (Phi) is 3.85. The van der Waals surface area contributed by atoms with Crippen LogP contribution in [-0.2, 0) is 19.5 Å². The summed E-state index contributed by atoms with van der Waals surface area (Å²) in [6, 6.07) is 0. The molecule has 0 spiro atoms. The van der Waals surface area contributed by atoms with E-state index in [1.165, 1.54) is 5.43 Å². The molecule has 11 heteroatoms. The molecule has 0 amide bonds. The Hall–Kier alpha value is -1.64.